The first-order valence-electron chi connectivity index (χ1n) is 7.04. The standard InChI is InChI=1S/C13H27F3N4/c1-5-7-9-20(4)12(17-6-2)18-8-10-19(3)11-13(14,15)16/h5-11H2,1-4H3,(H,17,18). The van der Waals surface area contributed by atoms with Gasteiger partial charge < -0.3 is 10.2 Å². The van der Waals surface area contributed by atoms with Gasteiger partial charge in [-0.1, -0.05) is 13.3 Å². The summed E-state index contributed by atoms with van der Waals surface area (Å²) < 4.78 is 36.5. The molecule has 0 aliphatic carbocycles. The molecule has 0 aliphatic rings. The van der Waals surface area contributed by atoms with Crippen LogP contribution in [0.1, 0.15) is 26.7 Å². The highest BCUT2D eigenvalue weighted by Gasteiger charge is 2.28. The predicted octanol–water partition coefficient (Wildman–Crippen LogP) is 2.18. The fourth-order valence-electron chi connectivity index (χ4n) is 1.68. The Balaban J connectivity index is 4.26. The molecule has 0 saturated carbocycles. The summed E-state index contributed by atoms with van der Waals surface area (Å²) in [6.07, 6.45) is -1.99. The first kappa shape index (κ1) is 19.0. The highest BCUT2D eigenvalue weighted by atomic mass is 19.4. The first-order valence-corrected chi connectivity index (χ1v) is 7.04. The summed E-state index contributed by atoms with van der Waals surface area (Å²) in [7, 11) is 3.40. The van der Waals surface area contributed by atoms with Crippen LogP contribution in [0.4, 0.5) is 13.2 Å². The summed E-state index contributed by atoms with van der Waals surface area (Å²) >= 11 is 0. The minimum atomic E-state index is -4.15. The highest BCUT2D eigenvalue weighted by Crippen LogP contribution is 2.15. The molecule has 0 aromatic rings. The molecular formula is C13H27F3N4. The van der Waals surface area contributed by atoms with Crippen LogP contribution in [-0.2, 0) is 0 Å². The minimum Gasteiger partial charge on any atom is -0.357 e. The lowest BCUT2D eigenvalue weighted by molar-refractivity contribution is -0.142. The zero-order valence-corrected chi connectivity index (χ0v) is 12.9. The van der Waals surface area contributed by atoms with Gasteiger partial charge in [0.05, 0.1) is 13.1 Å². The SMILES string of the molecule is CCCCN(C)C(=NCCN(C)CC(F)(F)F)NCC. The third-order valence-corrected chi connectivity index (χ3v) is 2.74. The molecule has 7 heteroatoms. The number of alkyl halides is 3. The van der Waals surface area contributed by atoms with Gasteiger partial charge in [0.15, 0.2) is 5.96 Å². The molecule has 0 heterocycles. The second-order valence-corrected chi connectivity index (χ2v) is 4.86. The molecule has 0 bridgehead atoms. The van der Waals surface area contributed by atoms with Crippen LogP contribution in [0.5, 0.6) is 0 Å². The van der Waals surface area contributed by atoms with Gasteiger partial charge in [-0.05, 0) is 20.4 Å². The monoisotopic (exact) mass is 296 g/mol. The number of likely N-dealkylation sites (N-methyl/N-ethyl adjacent to an activating group) is 1. The number of hydrogen-bond donors (Lipinski definition) is 1. The Bertz CT molecular complexity index is 279. The Hall–Kier alpha value is -0.980. The quantitative estimate of drug-likeness (QED) is 0.550. The lowest BCUT2D eigenvalue weighted by Gasteiger charge is -2.22. The van der Waals surface area contributed by atoms with E-state index in [9.17, 15) is 13.2 Å². The summed E-state index contributed by atoms with van der Waals surface area (Å²) in [5.74, 6) is 0.751. The Morgan fingerprint density at radius 3 is 2.30 bits per heavy atom. The van der Waals surface area contributed by atoms with Gasteiger partial charge in [-0.25, -0.2) is 0 Å². The lowest BCUT2D eigenvalue weighted by atomic mass is 10.3. The Morgan fingerprint density at radius 2 is 1.80 bits per heavy atom. The van der Waals surface area contributed by atoms with Crippen molar-refractivity contribution < 1.29 is 13.2 Å². The summed E-state index contributed by atoms with van der Waals surface area (Å²) in [5.41, 5.74) is 0. The van der Waals surface area contributed by atoms with E-state index in [0.29, 0.717) is 6.54 Å². The second kappa shape index (κ2) is 9.85. The van der Waals surface area contributed by atoms with E-state index in [4.69, 9.17) is 0 Å². The third kappa shape index (κ3) is 9.89. The Labute approximate surface area is 120 Å². The second-order valence-electron chi connectivity index (χ2n) is 4.86. The molecule has 0 aromatic heterocycles. The molecule has 0 aromatic carbocycles. The zero-order valence-electron chi connectivity index (χ0n) is 12.9. The average Bonchev–Trinajstić information content (AvgIpc) is 2.32. The van der Waals surface area contributed by atoms with E-state index in [1.807, 2.05) is 18.9 Å². The van der Waals surface area contributed by atoms with Crippen LogP contribution in [0.15, 0.2) is 4.99 Å². The molecule has 0 rings (SSSR count). The summed E-state index contributed by atoms with van der Waals surface area (Å²) in [5, 5.41) is 3.15. The van der Waals surface area contributed by atoms with Crippen molar-refractivity contribution in [3.63, 3.8) is 0 Å². The van der Waals surface area contributed by atoms with E-state index in [0.717, 1.165) is 31.9 Å². The first-order chi connectivity index (χ1) is 9.30. The smallest absolute Gasteiger partial charge is 0.357 e. The van der Waals surface area contributed by atoms with Crippen LogP contribution in [0.2, 0.25) is 0 Å². The number of nitrogens with zero attached hydrogens (tertiary/aromatic N) is 3. The van der Waals surface area contributed by atoms with Crippen LogP contribution in [0.25, 0.3) is 0 Å². The van der Waals surface area contributed by atoms with Crippen molar-refractivity contribution in [1.82, 2.24) is 15.1 Å². The molecule has 1 N–H and O–H groups in total. The highest BCUT2D eigenvalue weighted by molar-refractivity contribution is 5.79. The number of unbranched alkanes of at least 4 members (excludes halogenated alkanes) is 1. The van der Waals surface area contributed by atoms with Crippen LogP contribution in [-0.4, -0.2) is 68.8 Å². The van der Waals surface area contributed by atoms with Crippen molar-refractivity contribution in [2.24, 2.45) is 4.99 Å². The molecule has 0 radical (unpaired) electrons. The normalized spacial score (nSPS) is 12.9. The maximum absolute atomic E-state index is 12.2. The average molecular weight is 296 g/mol. The van der Waals surface area contributed by atoms with Gasteiger partial charge in [-0.3, -0.25) is 9.89 Å². The fraction of sp³-hybridized carbons (Fsp3) is 0.923. The molecule has 120 valence electrons. The van der Waals surface area contributed by atoms with Crippen molar-refractivity contribution >= 4 is 5.96 Å². The largest absolute Gasteiger partial charge is 0.401 e. The van der Waals surface area contributed by atoms with Crippen LogP contribution in [0.3, 0.4) is 0 Å². The molecule has 0 unspecified atom stereocenters. The number of guanidine groups is 1. The zero-order chi connectivity index (χ0) is 15.6. The fourth-order valence-corrected chi connectivity index (χ4v) is 1.68. The minimum absolute atomic E-state index is 0.288. The number of aliphatic imine (C=N–C) groups is 1. The molecule has 0 saturated heterocycles. The van der Waals surface area contributed by atoms with Gasteiger partial charge in [0, 0.05) is 26.7 Å². The van der Waals surface area contributed by atoms with Gasteiger partial charge >= 0.3 is 6.18 Å². The van der Waals surface area contributed by atoms with E-state index in [2.05, 4.69) is 17.2 Å². The van der Waals surface area contributed by atoms with E-state index >= 15 is 0 Å². The molecule has 20 heavy (non-hydrogen) atoms. The molecule has 0 amide bonds. The van der Waals surface area contributed by atoms with Crippen LogP contribution < -0.4 is 5.32 Å². The van der Waals surface area contributed by atoms with E-state index in [-0.39, 0.29) is 6.54 Å². The molecule has 0 aliphatic heterocycles. The van der Waals surface area contributed by atoms with Crippen molar-refractivity contribution in [1.29, 1.82) is 0 Å². The summed E-state index contributed by atoms with van der Waals surface area (Å²) in [6, 6.07) is 0. The topological polar surface area (TPSA) is 30.9 Å². The molecule has 4 nitrogen and oxygen atoms in total. The summed E-state index contributed by atoms with van der Waals surface area (Å²) in [6.45, 7) is 5.46. The third-order valence-electron chi connectivity index (χ3n) is 2.74. The molecule has 0 fully saturated rings. The van der Waals surface area contributed by atoms with Crippen molar-refractivity contribution in [3.05, 3.63) is 0 Å². The Morgan fingerprint density at radius 1 is 1.15 bits per heavy atom. The molecule has 0 spiro atoms. The van der Waals surface area contributed by atoms with Crippen molar-refractivity contribution in [2.75, 3.05) is 46.8 Å². The van der Waals surface area contributed by atoms with Crippen molar-refractivity contribution in [3.8, 4) is 0 Å². The number of nitrogens with one attached hydrogen (secondary N) is 1. The maximum Gasteiger partial charge on any atom is 0.401 e. The Kier molecular flexibility index (Phi) is 9.37. The van der Waals surface area contributed by atoms with Gasteiger partial charge in [-0.2, -0.15) is 13.2 Å². The predicted molar refractivity (Wildman–Crippen MR) is 77.1 cm³/mol. The van der Waals surface area contributed by atoms with Crippen LogP contribution in [0, 0.1) is 0 Å². The van der Waals surface area contributed by atoms with Gasteiger partial charge in [0.2, 0.25) is 0 Å². The molecular weight excluding hydrogens is 269 g/mol. The van der Waals surface area contributed by atoms with E-state index in [1.165, 1.54) is 11.9 Å². The van der Waals surface area contributed by atoms with Crippen LogP contribution >= 0.6 is 0 Å². The number of rotatable bonds is 8. The van der Waals surface area contributed by atoms with E-state index in [1.54, 1.807) is 0 Å². The lowest BCUT2D eigenvalue weighted by Crippen LogP contribution is -2.40. The van der Waals surface area contributed by atoms with Gasteiger partial charge in [-0.15, -0.1) is 0 Å². The van der Waals surface area contributed by atoms with Crippen molar-refractivity contribution in [2.45, 2.75) is 32.9 Å². The number of hydrogen-bond acceptors (Lipinski definition) is 2. The summed E-state index contributed by atoms with van der Waals surface area (Å²) in [4.78, 5) is 7.60. The maximum atomic E-state index is 12.2. The van der Waals surface area contributed by atoms with Gasteiger partial charge in [0.1, 0.15) is 0 Å². The number of halogens is 3. The molecule has 0 atom stereocenters. The van der Waals surface area contributed by atoms with E-state index < -0.39 is 12.7 Å². The van der Waals surface area contributed by atoms with Gasteiger partial charge in [0.25, 0.3) is 0 Å².